The second-order valence-corrected chi connectivity index (χ2v) is 4.33. The minimum Gasteiger partial charge on any atom is -0.463 e. The number of hydrogen-bond donors (Lipinski definition) is 1. The van der Waals surface area contributed by atoms with Gasteiger partial charge in [0.25, 0.3) is 0 Å². The Kier molecular flexibility index (Phi) is 3.14. The van der Waals surface area contributed by atoms with Crippen LogP contribution >= 0.6 is 0 Å². The van der Waals surface area contributed by atoms with Crippen molar-refractivity contribution < 1.29 is 20.4 Å². The first-order chi connectivity index (χ1) is 6.07. The molecule has 75 valence electrons. The molecule has 0 aliphatic carbocycles. The summed E-state index contributed by atoms with van der Waals surface area (Å²) in [5.41, 5.74) is 2.33. The molecule has 0 amide bonds. The maximum Gasteiger partial charge on any atom is 0.0156 e. The third-order valence-corrected chi connectivity index (χ3v) is 2.20. The third-order valence-electron chi connectivity index (χ3n) is 2.20. The van der Waals surface area contributed by atoms with Crippen LogP contribution < -0.4 is 0 Å². The summed E-state index contributed by atoms with van der Waals surface area (Å²) < 4.78 is 0. The molecular formula is C11H13N2Re-. The van der Waals surface area contributed by atoms with Gasteiger partial charge in [-0.2, -0.15) is 6.07 Å². The van der Waals surface area contributed by atoms with Crippen LogP contribution in [0.25, 0.3) is 11.0 Å². The van der Waals surface area contributed by atoms with Gasteiger partial charge in [-0.25, -0.2) is 0 Å². The van der Waals surface area contributed by atoms with Gasteiger partial charge in [0.15, 0.2) is 0 Å². The average molecular weight is 359 g/mol. The van der Waals surface area contributed by atoms with Gasteiger partial charge < -0.3 is 9.97 Å². The fraction of sp³-hybridized carbons (Fsp3) is 0.364. The molecule has 2 aromatic heterocycles. The Balaban J connectivity index is 0.000000980. The largest absolute Gasteiger partial charge is 0.463 e. The summed E-state index contributed by atoms with van der Waals surface area (Å²) in [6.45, 7) is 6.56. The summed E-state index contributed by atoms with van der Waals surface area (Å²) in [7, 11) is 0. The normalized spacial score (nSPS) is 11.4. The molecule has 0 bridgehead atoms. The number of rotatable bonds is 0. The van der Waals surface area contributed by atoms with Crippen LogP contribution in [0, 0.1) is 6.20 Å². The number of H-pyrrole nitrogens is 1. The molecule has 2 heterocycles. The minimum absolute atomic E-state index is 0. The number of fused-ring (bicyclic) bond motifs is 1. The number of aromatic nitrogens is 2. The topological polar surface area (TPSA) is 28.7 Å². The van der Waals surface area contributed by atoms with Gasteiger partial charge in [0.1, 0.15) is 0 Å². The van der Waals surface area contributed by atoms with E-state index in [2.05, 4.69) is 43.0 Å². The maximum atomic E-state index is 4.32. The van der Waals surface area contributed by atoms with E-state index in [0.717, 1.165) is 11.0 Å². The number of hydrogen-bond acceptors (Lipinski definition) is 1. The van der Waals surface area contributed by atoms with E-state index in [1.54, 1.807) is 0 Å². The summed E-state index contributed by atoms with van der Waals surface area (Å²) in [5.74, 6) is 0. The van der Waals surface area contributed by atoms with Crippen molar-refractivity contribution >= 4 is 11.0 Å². The van der Waals surface area contributed by atoms with Gasteiger partial charge in [-0.1, -0.05) is 20.8 Å². The molecule has 1 N–H and O–H groups in total. The van der Waals surface area contributed by atoms with E-state index in [0.29, 0.717) is 0 Å². The zero-order chi connectivity index (χ0) is 9.47. The summed E-state index contributed by atoms with van der Waals surface area (Å²) in [6.07, 6.45) is 4.85. The molecule has 0 atom stereocenters. The molecule has 0 saturated heterocycles. The zero-order valence-corrected chi connectivity index (χ0v) is 11.3. The van der Waals surface area contributed by atoms with Crippen molar-refractivity contribution in [1.29, 1.82) is 0 Å². The van der Waals surface area contributed by atoms with Crippen LogP contribution in [0.3, 0.4) is 0 Å². The van der Waals surface area contributed by atoms with Gasteiger partial charge in [-0.15, -0.1) is 17.6 Å². The number of pyridine rings is 1. The predicted octanol–water partition coefficient (Wildman–Crippen LogP) is 2.66. The fourth-order valence-corrected chi connectivity index (χ4v) is 1.29. The van der Waals surface area contributed by atoms with Crippen LogP contribution in [0.15, 0.2) is 18.3 Å². The number of nitrogens with one attached hydrogen (secondary N) is 1. The molecule has 0 unspecified atom stereocenters. The predicted molar refractivity (Wildman–Crippen MR) is 53.6 cm³/mol. The summed E-state index contributed by atoms with van der Waals surface area (Å²) in [6, 6.07) is 4.09. The molecular weight excluding hydrogens is 346 g/mol. The second-order valence-electron chi connectivity index (χ2n) is 4.33. The molecule has 0 aromatic carbocycles. The molecule has 0 aliphatic rings. The van der Waals surface area contributed by atoms with Crippen LogP contribution in [-0.4, -0.2) is 9.97 Å². The van der Waals surface area contributed by atoms with Crippen LogP contribution in [0.5, 0.6) is 0 Å². The second kappa shape index (κ2) is 3.84. The van der Waals surface area contributed by atoms with Crippen molar-refractivity contribution in [2.45, 2.75) is 26.2 Å². The number of aromatic amines is 1. The van der Waals surface area contributed by atoms with Crippen LogP contribution in [0.1, 0.15) is 26.3 Å². The zero-order valence-electron chi connectivity index (χ0n) is 8.56. The Labute approximate surface area is 97.8 Å². The molecule has 1 radical (unpaired) electrons. The van der Waals surface area contributed by atoms with Gasteiger partial charge in [-0.05, 0) is 16.6 Å². The molecule has 0 fully saturated rings. The van der Waals surface area contributed by atoms with E-state index < -0.39 is 0 Å². The standard InChI is InChI=1S/C11H13N2.Re/c1-11(2,3)9-6-8-4-5-12-10(8)13-7-9;/h4,6-7H,1-3H3,(H,12,13);/q-1;. The molecule has 2 aromatic rings. The van der Waals surface area contributed by atoms with Gasteiger partial charge in [0, 0.05) is 26.6 Å². The summed E-state index contributed by atoms with van der Waals surface area (Å²) >= 11 is 0. The van der Waals surface area contributed by atoms with Crippen LogP contribution in [-0.2, 0) is 25.8 Å². The SMILES string of the molecule is CC(C)(C)c1cnc2[nH][c-]cc2c1.[Re]. The smallest absolute Gasteiger partial charge is 0.0156 e. The van der Waals surface area contributed by atoms with Crippen molar-refractivity contribution in [2.24, 2.45) is 0 Å². The minimum atomic E-state index is 0. The Hall–Kier alpha value is -0.648. The molecule has 2 rings (SSSR count). The van der Waals surface area contributed by atoms with Gasteiger partial charge in [0.05, 0.1) is 0 Å². The first-order valence-electron chi connectivity index (χ1n) is 4.43. The van der Waals surface area contributed by atoms with Crippen molar-refractivity contribution in [3.8, 4) is 0 Å². The van der Waals surface area contributed by atoms with Gasteiger partial charge in [0.2, 0.25) is 0 Å². The Morgan fingerprint density at radius 3 is 2.71 bits per heavy atom. The molecule has 2 nitrogen and oxygen atoms in total. The Bertz CT molecular complexity index is 426. The van der Waals surface area contributed by atoms with Gasteiger partial charge >= 0.3 is 0 Å². The van der Waals surface area contributed by atoms with E-state index in [1.807, 2.05) is 12.3 Å². The Morgan fingerprint density at radius 1 is 1.36 bits per heavy atom. The maximum absolute atomic E-state index is 4.32. The van der Waals surface area contributed by atoms with E-state index in [4.69, 9.17) is 0 Å². The Morgan fingerprint density at radius 2 is 2.07 bits per heavy atom. The van der Waals surface area contributed by atoms with Gasteiger partial charge in [-0.3, -0.25) is 0 Å². The van der Waals surface area contributed by atoms with Crippen molar-refractivity contribution in [3.05, 3.63) is 30.1 Å². The van der Waals surface area contributed by atoms with Crippen molar-refractivity contribution in [2.75, 3.05) is 0 Å². The van der Waals surface area contributed by atoms with E-state index in [9.17, 15) is 0 Å². The third kappa shape index (κ3) is 2.05. The summed E-state index contributed by atoms with van der Waals surface area (Å²) in [4.78, 5) is 7.28. The van der Waals surface area contributed by atoms with Crippen LogP contribution in [0.4, 0.5) is 0 Å². The molecule has 3 heteroatoms. The molecule has 14 heavy (non-hydrogen) atoms. The van der Waals surface area contributed by atoms with E-state index in [1.165, 1.54) is 5.56 Å². The average Bonchev–Trinajstić information content (AvgIpc) is 2.47. The molecule has 0 spiro atoms. The quantitative estimate of drug-likeness (QED) is 0.720. The fourth-order valence-electron chi connectivity index (χ4n) is 1.29. The van der Waals surface area contributed by atoms with E-state index in [-0.39, 0.29) is 25.8 Å². The van der Waals surface area contributed by atoms with Crippen molar-refractivity contribution in [3.63, 3.8) is 0 Å². The van der Waals surface area contributed by atoms with Crippen LogP contribution in [0.2, 0.25) is 0 Å². The first kappa shape index (κ1) is 11.4. The van der Waals surface area contributed by atoms with E-state index >= 15 is 0 Å². The monoisotopic (exact) mass is 360 g/mol. The molecule has 0 aliphatic heterocycles. The van der Waals surface area contributed by atoms with Crippen molar-refractivity contribution in [1.82, 2.24) is 9.97 Å². The first-order valence-corrected chi connectivity index (χ1v) is 4.43. The molecule has 0 saturated carbocycles. The summed E-state index contributed by atoms with van der Waals surface area (Å²) in [5, 5.41) is 1.13. The number of nitrogens with zero attached hydrogens (tertiary/aromatic N) is 1.